The first-order chi connectivity index (χ1) is 13.7. The minimum Gasteiger partial charge on any atom is -0.475 e. The lowest BCUT2D eigenvalue weighted by atomic mass is 10.2. The Morgan fingerprint density at radius 3 is 2.57 bits per heavy atom. The highest BCUT2D eigenvalue weighted by molar-refractivity contribution is 14.1. The van der Waals surface area contributed by atoms with Gasteiger partial charge in [-0.2, -0.15) is 4.52 Å². The highest BCUT2D eigenvalue weighted by Crippen LogP contribution is 2.18. The number of fused-ring (bicyclic) bond motifs is 1. The number of rotatable bonds is 6. The van der Waals surface area contributed by atoms with E-state index >= 15 is 0 Å². The second-order valence-corrected chi connectivity index (χ2v) is 7.19. The van der Waals surface area contributed by atoms with E-state index in [1.807, 2.05) is 42.5 Å². The minimum atomic E-state index is -0.131. The molecule has 4 aromatic rings. The number of hydrogen-bond donors (Lipinski definition) is 1. The topological polar surface area (TPSA) is 81.4 Å². The van der Waals surface area contributed by atoms with Crippen LogP contribution in [-0.2, 0) is 0 Å². The summed E-state index contributed by atoms with van der Waals surface area (Å²) in [4.78, 5) is 12.1. The van der Waals surface area contributed by atoms with Crippen LogP contribution in [0.4, 0.5) is 0 Å². The van der Waals surface area contributed by atoms with Crippen molar-refractivity contribution in [3.05, 3.63) is 75.9 Å². The molecule has 0 aliphatic heterocycles. The first kappa shape index (κ1) is 18.4. The third-order valence-electron chi connectivity index (χ3n) is 4.01. The molecule has 2 heterocycles. The van der Waals surface area contributed by atoms with E-state index in [4.69, 9.17) is 4.74 Å². The average molecular weight is 485 g/mol. The maximum atomic E-state index is 12.1. The lowest BCUT2D eigenvalue weighted by Crippen LogP contribution is -2.28. The Kier molecular flexibility index (Phi) is 5.47. The number of nitrogens with zero attached hydrogens (tertiary/aromatic N) is 4. The number of ether oxygens (including phenoxy) is 1. The van der Waals surface area contributed by atoms with Crippen LogP contribution in [0.25, 0.3) is 17.0 Å². The van der Waals surface area contributed by atoms with Gasteiger partial charge in [-0.05, 0) is 52.9 Å². The zero-order valence-corrected chi connectivity index (χ0v) is 16.9. The largest absolute Gasteiger partial charge is 0.475 e. The number of carbonyl (C=O) groups is 1. The van der Waals surface area contributed by atoms with Crippen molar-refractivity contribution in [3.8, 4) is 17.3 Å². The summed E-state index contributed by atoms with van der Waals surface area (Å²) in [7, 11) is 0. The number of amides is 1. The summed E-state index contributed by atoms with van der Waals surface area (Å²) in [6, 6.07) is 20.6. The van der Waals surface area contributed by atoms with Crippen molar-refractivity contribution in [2.45, 2.75) is 0 Å². The molecule has 7 nitrogen and oxygen atoms in total. The summed E-state index contributed by atoms with van der Waals surface area (Å²) < 4.78 is 8.41. The van der Waals surface area contributed by atoms with E-state index in [2.05, 4.69) is 43.2 Å². The molecule has 0 bridgehead atoms. The number of aromatic nitrogens is 4. The summed E-state index contributed by atoms with van der Waals surface area (Å²) in [5, 5.41) is 15.6. The van der Waals surface area contributed by atoms with Crippen molar-refractivity contribution >= 4 is 34.1 Å². The summed E-state index contributed by atoms with van der Waals surface area (Å²) in [5.41, 5.74) is 2.18. The number of benzene rings is 2. The fraction of sp³-hybridized carbons (Fsp3) is 0.100. The highest BCUT2D eigenvalue weighted by atomic mass is 127. The van der Waals surface area contributed by atoms with E-state index in [0.29, 0.717) is 36.1 Å². The van der Waals surface area contributed by atoms with Gasteiger partial charge >= 0.3 is 0 Å². The molecule has 2 aromatic heterocycles. The molecule has 0 atom stereocenters. The summed E-state index contributed by atoms with van der Waals surface area (Å²) in [6.45, 7) is 0.676. The molecule has 0 unspecified atom stereocenters. The van der Waals surface area contributed by atoms with Gasteiger partial charge in [0.2, 0.25) is 5.88 Å². The van der Waals surface area contributed by atoms with E-state index in [0.717, 1.165) is 9.13 Å². The van der Waals surface area contributed by atoms with E-state index in [-0.39, 0.29) is 5.91 Å². The van der Waals surface area contributed by atoms with Crippen LogP contribution in [0, 0.1) is 3.57 Å². The second-order valence-electron chi connectivity index (χ2n) is 5.94. The van der Waals surface area contributed by atoms with Gasteiger partial charge in [-0.1, -0.05) is 30.3 Å². The third-order valence-corrected chi connectivity index (χ3v) is 4.73. The lowest BCUT2D eigenvalue weighted by molar-refractivity contribution is 0.0946. The summed E-state index contributed by atoms with van der Waals surface area (Å²) in [5.74, 6) is 0.953. The molecular weight excluding hydrogens is 469 g/mol. The number of nitrogens with one attached hydrogen (secondary N) is 1. The van der Waals surface area contributed by atoms with Crippen molar-refractivity contribution in [1.29, 1.82) is 0 Å². The zero-order chi connectivity index (χ0) is 19.3. The Labute approximate surface area is 174 Å². The van der Waals surface area contributed by atoms with Crippen LogP contribution < -0.4 is 10.1 Å². The smallest absolute Gasteiger partial charge is 0.251 e. The van der Waals surface area contributed by atoms with Crippen LogP contribution in [0.1, 0.15) is 10.4 Å². The van der Waals surface area contributed by atoms with Gasteiger partial charge in [0.05, 0.1) is 6.54 Å². The monoisotopic (exact) mass is 485 g/mol. The van der Waals surface area contributed by atoms with Crippen molar-refractivity contribution in [2.75, 3.05) is 13.2 Å². The molecule has 0 saturated carbocycles. The molecule has 8 heteroatoms. The molecule has 1 N–H and O–H groups in total. The molecule has 0 fully saturated rings. The van der Waals surface area contributed by atoms with E-state index in [1.165, 1.54) is 0 Å². The van der Waals surface area contributed by atoms with E-state index < -0.39 is 0 Å². The highest BCUT2D eigenvalue weighted by Gasteiger charge is 2.10. The van der Waals surface area contributed by atoms with Gasteiger partial charge in [-0.25, -0.2) is 0 Å². The van der Waals surface area contributed by atoms with Crippen LogP contribution in [0.3, 0.4) is 0 Å². The van der Waals surface area contributed by atoms with Crippen LogP contribution in [-0.4, -0.2) is 38.9 Å². The average Bonchev–Trinajstić information content (AvgIpc) is 3.15. The molecule has 4 rings (SSSR count). The maximum absolute atomic E-state index is 12.1. The van der Waals surface area contributed by atoms with Crippen molar-refractivity contribution in [2.24, 2.45) is 0 Å². The normalized spacial score (nSPS) is 10.8. The van der Waals surface area contributed by atoms with Gasteiger partial charge in [-0.15, -0.1) is 15.3 Å². The molecular formula is C20H16IN5O2. The molecule has 140 valence electrons. The van der Waals surface area contributed by atoms with Crippen molar-refractivity contribution < 1.29 is 9.53 Å². The Morgan fingerprint density at radius 2 is 1.79 bits per heavy atom. The van der Waals surface area contributed by atoms with Crippen molar-refractivity contribution in [3.63, 3.8) is 0 Å². The predicted octanol–water partition coefficient (Wildman–Crippen LogP) is 3.20. The van der Waals surface area contributed by atoms with Gasteiger partial charge in [0, 0.05) is 20.8 Å². The fourth-order valence-corrected chi connectivity index (χ4v) is 3.00. The van der Waals surface area contributed by atoms with Crippen LogP contribution in [0.2, 0.25) is 0 Å². The van der Waals surface area contributed by atoms with Crippen LogP contribution >= 0.6 is 22.6 Å². The number of hydrogen-bond acceptors (Lipinski definition) is 5. The number of halogens is 1. The minimum absolute atomic E-state index is 0.131. The lowest BCUT2D eigenvalue weighted by Gasteiger charge is -2.08. The Hall–Kier alpha value is -3.01. The standard InChI is InChI=1S/C20H16IN5O2/c21-16-8-6-15(7-9-16)20(27)22-12-13-28-18-11-10-17-23-24-19(26(17)25-18)14-4-2-1-3-5-14/h1-11H,12-13H2,(H,22,27). The molecule has 28 heavy (non-hydrogen) atoms. The van der Waals surface area contributed by atoms with Crippen molar-refractivity contribution in [1.82, 2.24) is 25.1 Å². The van der Waals surface area contributed by atoms with Gasteiger partial charge in [-0.3, -0.25) is 4.79 Å². The fourth-order valence-electron chi connectivity index (χ4n) is 2.64. The molecule has 2 aromatic carbocycles. The molecule has 0 radical (unpaired) electrons. The second kappa shape index (κ2) is 8.34. The van der Waals surface area contributed by atoms with Gasteiger partial charge in [0.1, 0.15) is 6.61 Å². The van der Waals surface area contributed by atoms with Crippen LogP contribution in [0.5, 0.6) is 5.88 Å². The molecule has 0 aliphatic carbocycles. The van der Waals surface area contributed by atoms with Gasteiger partial charge in [0.15, 0.2) is 11.5 Å². The van der Waals surface area contributed by atoms with E-state index in [9.17, 15) is 4.79 Å². The quantitative estimate of drug-likeness (QED) is 0.335. The Morgan fingerprint density at radius 1 is 1.00 bits per heavy atom. The SMILES string of the molecule is O=C(NCCOc1ccc2nnc(-c3ccccc3)n2n1)c1ccc(I)cc1. The van der Waals surface area contributed by atoms with Gasteiger partial charge < -0.3 is 10.1 Å². The van der Waals surface area contributed by atoms with Crippen LogP contribution in [0.15, 0.2) is 66.7 Å². The first-order valence-corrected chi connectivity index (χ1v) is 9.73. The van der Waals surface area contributed by atoms with Gasteiger partial charge in [0.25, 0.3) is 5.91 Å². The maximum Gasteiger partial charge on any atom is 0.251 e. The Bertz CT molecular complexity index is 1100. The predicted molar refractivity (Wildman–Crippen MR) is 113 cm³/mol. The molecule has 0 aliphatic rings. The molecule has 0 spiro atoms. The summed E-state index contributed by atoms with van der Waals surface area (Å²) in [6.07, 6.45) is 0. The number of carbonyl (C=O) groups excluding carboxylic acids is 1. The molecule has 1 amide bonds. The zero-order valence-electron chi connectivity index (χ0n) is 14.7. The third kappa shape index (κ3) is 4.11. The first-order valence-electron chi connectivity index (χ1n) is 8.65. The van der Waals surface area contributed by atoms with E-state index in [1.54, 1.807) is 28.8 Å². The molecule has 0 saturated heterocycles. The summed E-state index contributed by atoms with van der Waals surface area (Å²) >= 11 is 2.20. The Balaban J connectivity index is 1.38.